The summed E-state index contributed by atoms with van der Waals surface area (Å²) in [7, 11) is 0. The molecule has 0 bridgehead atoms. The highest BCUT2D eigenvalue weighted by atomic mass is 32.1. The molecule has 0 saturated heterocycles. The van der Waals surface area contributed by atoms with Crippen LogP contribution in [0.5, 0.6) is 0 Å². The third-order valence-electron chi connectivity index (χ3n) is 3.49. The Morgan fingerprint density at radius 1 is 1.09 bits per heavy atom. The molecule has 0 fully saturated rings. The van der Waals surface area contributed by atoms with E-state index in [4.69, 9.17) is 0 Å². The van der Waals surface area contributed by atoms with Crippen LogP contribution in [0.2, 0.25) is 0 Å². The van der Waals surface area contributed by atoms with Crippen LogP contribution >= 0.6 is 11.3 Å². The number of nitrogens with one attached hydrogen (secondary N) is 1. The van der Waals surface area contributed by atoms with Crippen molar-refractivity contribution in [1.29, 1.82) is 0 Å². The van der Waals surface area contributed by atoms with Crippen molar-refractivity contribution in [3.05, 3.63) is 53.5 Å². The molecular weight excluding hydrogens is 310 g/mol. The fourth-order valence-corrected chi connectivity index (χ4v) is 3.30. The monoisotopic (exact) mass is 323 g/mol. The number of fused-ring (bicyclic) bond motifs is 2. The molecule has 4 rings (SSSR count). The molecule has 114 valence electrons. The smallest absolute Gasteiger partial charge is 0.242 e. The first-order valence-corrected chi connectivity index (χ1v) is 8.00. The minimum atomic E-state index is -0.111. The number of para-hydroxylation sites is 2. The lowest BCUT2D eigenvalue weighted by atomic mass is 10.3. The van der Waals surface area contributed by atoms with E-state index < -0.39 is 0 Å². The Labute approximate surface area is 135 Å². The number of carbonyl (C=O) groups is 1. The second kappa shape index (κ2) is 5.77. The Hall–Kier alpha value is -2.80. The molecule has 2 aromatic heterocycles. The molecule has 1 N–H and O–H groups in total. The van der Waals surface area contributed by atoms with Crippen LogP contribution in [0.15, 0.2) is 48.5 Å². The lowest BCUT2D eigenvalue weighted by Gasteiger charge is -2.03. The number of rotatable bonds is 4. The SMILES string of the molecule is O=C(Cn1nnc2ccccc21)NCc1nc2ccccc2s1. The molecule has 0 saturated carbocycles. The van der Waals surface area contributed by atoms with Gasteiger partial charge in [-0.25, -0.2) is 9.67 Å². The molecule has 7 heteroatoms. The lowest BCUT2D eigenvalue weighted by Crippen LogP contribution is -2.27. The molecule has 0 aliphatic heterocycles. The van der Waals surface area contributed by atoms with Crippen LogP contribution in [-0.2, 0) is 17.9 Å². The van der Waals surface area contributed by atoms with E-state index in [0.29, 0.717) is 6.54 Å². The standard InChI is InChI=1S/C16H13N5OS/c22-15(10-21-13-7-3-1-5-11(13)19-20-21)17-9-16-18-12-6-2-4-8-14(12)23-16/h1-8H,9-10H2,(H,17,22). The number of aromatic nitrogens is 4. The number of nitrogens with zero attached hydrogens (tertiary/aromatic N) is 4. The summed E-state index contributed by atoms with van der Waals surface area (Å²) in [6, 6.07) is 15.5. The maximum atomic E-state index is 12.1. The van der Waals surface area contributed by atoms with E-state index in [9.17, 15) is 4.79 Å². The number of carbonyl (C=O) groups excluding carboxylic acids is 1. The van der Waals surface area contributed by atoms with Crippen molar-refractivity contribution in [2.24, 2.45) is 0 Å². The van der Waals surface area contributed by atoms with Gasteiger partial charge in [0.2, 0.25) is 5.91 Å². The zero-order valence-electron chi connectivity index (χ0n) is 12.1. The molecule has 0 spiro atoms. The Morgan fingerprint density at radius 2 is 1.87 bits per heavy atom. The fraction of sp³-hybridized carbons (Fsp3) is 0.125. The van der Waals surface area contributed by atoms with E-state index in [1.54, 1.807) is 16.0 Å². The number of benzene rings is 2. The maximum Gasteiger partial charge on any atom is 0.242 e. The number of hydrogen-bond donors (Lipinski definition) is 1. The van der Waals surface area contributed by atoms with Crippen molar-refractivity contribution in [3.63, 3.8) is 0 Å². The van der Waals surface area contributed by atoms with Crippen LogP contribution in [0.4, 0.5) is 0 Å². The van der Waals surface area contributed by atoms with Gasteiger partial charge < -0.3 is 5.32 Å². The predicted octanol–water partition coefficient (Wildman–Crippen LogP) is 2.36. The van der Waals surface area contributed by atoms with Gasteiger partial charge in [0.1, 0.15) is 17.1 Å². The number of thiazole rings is 1. The third-order valence-corrected chi connectivity index (χ3v) is 4.52. The van der Waals surface area contributed by atoms with Crippen LogP contribution in [0.25, 0.3) is 21.3 Å². The molecule has 0 aliphatic rings. The second-order valence-electron chi connectivity index (χ2n) is 5.09. The van der Waals surface area contributed by atoms with Gasteiger partial charge in [-0.1, -0.05) is 29.5 Å². The molecule has 1 amide bonds. The van der Waals surface area contributed by atoms with Crippen LogP contribution in [-0.4, -0.2) is 25.9 Å². The molecule has 23 heavy (non-hydrogen) atoms. The summed E-state index contributed by atoms with van der Waals surface area (Å²) in [5.74, 6) is -0.111. The summed E-state index contributed by atoms with van der Waals surface area (Å²) < 4.78 is 2.72. The molecular formula is C16H13N5OS. The van der Waals surface area contributed by atoms with E-state index in [0.717, 1.165) is 26.3 Å². The minimum absolute atomic E-state index is 0.111. The van der Waals surface area contributed by atoms with Crippen molar-refractivity contribution in [2.75, 3.05) is 0 Å². The van der Waals surface area contributed by atoms with Gasteiger partial charge >= 0.3 is 0 Å². The Kier molecular flexibility index (Phi) is 3.47. The Morgan fingerprint density at radius 3 is 2.74 bits per heavy atom. The van der Waals surface area contributed by atoms with Crippen LogP contribution < -0.4 is 5.32 Å². The van der Waals surface area contributed by atoms with Gasteiger partial charge in [0.05, 0.1) is 22.3 Å². The van der Waals surface area contributed by atoms with Gasteiger partial charge in [-0.05, 0) is 24.3 Å². The summed E-state index contributed by atoms with van der Waals surface area (Å²) in [6.07, 6.45) is 0. The highest BCUT2D eigenvalue weighted by molar-refractivity contribution is 7.18. The molecule has 0 unspecified atom stereocenters. The number of hydrogen-bond acceptors (Lipinski definition) is 5. The zero-order valence-corrected chi connectivity index (χ0v) is 13.0. The highest BCUT2D eigenvalue weighted by Gasteiger charge is 2.09. The van der Waals surface area contributed by atoms with E-state index in [1.807, 2.05) is 48.5 Å². The summed E-state index contributed by atoms with van der Waals surface area (Å²) in [5.41, 5.74) is 2.60. The zero-order chi connectivity index (χ0) is 15.6. The topological polar surface area (TPSA) is 72.7 Å². The predicted molar refractivity (Wildman–Crippen MR) is 89.0 cm³/mol. The average molecular weight is 323 g/mol. The van der Waals surface area contributed by atoms with Gasteiger partial charge in [0.25, 0.3) is 0 Å². The highest BCUT2D eigenvalue weighted by Crippen LogP contribution is 2.21. The summed E-state index contributed by atoms with van der Waals surface area (Å²) in [5, 5.41) is 11.8. The largest absolute Gasteiger partial charge is 0.348 e. The molecule has 2 heterocycles. The Balaban J connectivity index is 1.43. The van der Waals surface area contributed by atoms with Gasteiger partial charge in [-0.3, -0.25) is 4.79 Å². The quantitative estimate of drug-likeness (QED) is 0.626. The summed E-state index contributed by atoms with van der Waals surface area (Å²) in [4.78, 5) is 16.6. The van der Waals surface area contributed by atoms with E-state index in [-0.39, 0.29) is 12.5 Å². The van der Waals surface area contributed by atoms with Crippen molar-refractivity contribution < 1.29 is 4.79 Å². The summed E-state index contributed by atoms with van der Waals surface area (Å²) in [6.45, 7) is 0.566. The second-order valence-corrected chi connectivity index (χ2v) is 6.20. The first kappa shape index (κ1) is 13.8. The Bertz CT molecular complexity index is 957. The summed E-state index contributed by atoms with van der Waals surface area (Å²) >= 11 is 1.59. The first-order valence-electron chi connectivity index (χ1n) is 7.19. The van der Waals surface area contributed by atoms with E-state index >= 15 is 0 Å². The van der Waals surface area contributed by atoms with Crippen LogP contribution in [0.3, 0.4) is 0 Å². The molecule has 6 nitrogen and oxygen atoms in total. The van der Waals surface area contributed by atoms with Crippen LogP contribution in [0, 0.1) is 0 Å². The van der Waals surface area contributed by atoms with Gasteiger partial charge in [-0.15, -0.1) is 16.4 Å². The van der Waals surface area contributed by atoms with Gasteiger partial charge in [0.15, 0.2) is 0 Å². The molecule has 0 atom stereocenters. The van der Waals surface area contributed by atoms with Crippen molar-refractivity contribution >= 4 is 38.5 Å². The third kappa shape index (κ3) is 2.78. The van der Waals surface area contributed by atoms with E-state index in [2.05, 4.69) is 20.6 Å². The minimum Gasteiger partial charge on any atom is -0.348 e. The van der Waals surface area contributed by atoms with Crippen molar-refractivity contribution in [3.8, 4) is 0 Å². The average Bonchev–Trinajstić information content (AvgIpc) is 3.17. The molecule has 4 aromatic rings. The maximum absolute atomic E-state index is 12.1. The van der Waals surface area contributed by atoms with Crippen molar-refractivity contribution in [1.82, 2.24) is 25.3 Å². The fourth-order valence-electron chi connectivity index (χ4n) is 2.40. The first-order chi connectivity index (χ1) is 11.3. The van der Waals surface area contributed by atoms with Crippen molar-refractivity contribution in [2.45, 2.75) is 13.1 Å². The molecule has 2 aromatic carbocycles. The van der Waals surface area contributed by atoms with Gasteiger partial charge in [-0.2, -0.15) is 0 Å². The van der Waals surface area contributed by atoms with Gasteiger partial charge in [0, 0.05) is 0 Å². The lowest BCUT2D eigenvalue weighted by molar-refractivity contribution is -0.121. The normalized spacial score (nSPS) is 11.1. The van der Waals surface area contributed by atoms with Crippen LogP contribution in [0.1, 0.15) is 5.01 Å². The number of amides is 1. The molecule has 0 radical (unpaired) electrons. The molecule has 0 aliphatic carbocycles. The van der Waals surface area contributed by atoms with E-state index in [1.165, 1.54) is 0 Å².